The van der Waals surface area contributed by atoms with Gasteiger partial charge in [-0.25, -0.2) is 19.9 Å². The number of hydrogen-bond donors (Lipinski definition) is 3. The highest BCUT2D eigenvalue weighted by Crippen LogP contribution is 2.41. The molecule has 0 radical (unpaired) electrons. The molecule has 4 N–H and O–H groups in total. The summed E-state index contributed by atoms with van der Waals surface area (Å²) in [5.74, 6) is 1.65. The van der Waals surface area contributed by atoms with Crippen LogP contribution in [0.1, 0.15) is 24.1 Å². The van der Waals surface area contributed by atoms with E-state index in [0.29, 0.717) is 31.0 Å². The minimum atomic E-state index is -0.832. The molecule has 9 nitrogen and oxygen atoms in total. The third-order valence-electron chi connectivity index (χ3n) is 5.71. The quantitative estimate of drug-likeness (QED) is 0.571. The fourth-order valence-corrected chi connectivity index (χ4v) is 5.27. The van der Waals surface area contributed by atoms with Crippen LogP contribution >= 0.6 is 11.3 Å². The molecule has 2 saturated heterocycles. The van der Waals surface area contributed by atoms with Gasteiger partial charge in [0.25, 0.3) is 0 Å². The Morgan fingerprint density at radius 2 is 1.93 bits per heavy atom. The van der Waals surface area contributed by atoms with Crippen LogP contribution in [0.2, 0.25) is 0 Å². The predicted octanol–water partition coefficient (Wildman–Crippen LogP) is 1.53. The zero-order chi connectivity index (χ0) is 20.6. The van der Waals surface area contributed by atoms with E-state index in [1.54, 1.807) is 23.7 Å². The van der Waals surface area contributed by atoms with Crippen LogP contribution in [0, 0.1) is 0 Å². The normalized spacial score (nSPS) is 22.9. The third-order valence-corrected chi connectivity index (χ3v) is 7.03. The van der Waals surface area contributed by atoms with Gasteiger partial charge in [0.05, 0.1) is 29.0 Å². The van der Waals surface area contributed by atoms with E-state index in [1.807, 2.05) is 6.07 Å². The minimum Gasteiger partial charge on any atom is -0.384 e. The van der Waals surface area contributed by atoms with Crippen molar-refractivity contribution in [3.8, 4) is 11.4 Å². The van der Waals surface area contributed by atoms with E-state index in [0.717, 1.165) is 59.9 Å². The topological polar surface area (TPSA) is 122 Å². The molecule has 0 bridgehead atoms. The zero-order valence-corrected chi connectivity index (χ0v) is 17.5. The Morgan fingerprint density at radius 3 is 2.73 bits per heavy atom. The summed E-state index contributed by atoms with van der Waals surface area (Å²) in [5.41, 5.74) is 6.36. The molecule has 5 rings (SSSR count). The highest BCUT2D eigenvalue weighted by Gasteiger charge is 2.33. The van der Waals surface area contributed by atoms with Crippen molar-refractivity contribution in [2.75, 3.05) is 50.0 Å². The van der Waals surface area contributed by atoms with Gasteiger partial charge in [-0.05, 0) is 38.4 Å². The molecule has 2 aliphatic rings. The van der Waals surface area contributed by atoms with Gasteiger partial charge in [0, 0.05) is 30.4 Å². The van der Waals surface area contributed by atoms with Crippen molar-refractivity contribution in [1.82, 2.24) is 25.3 Å². The maximum absolute atomic E-state index is 11.4. The molecule has 0 aliphatic carbocycles. The molecule has 2 fully saturated rings. The van der Waals surface area contributed by atoms with Crippen molar-refractivity contribution in [1.29, 1.82) is 0 Å². The second-order valence-corrected chi connectivity index (χ2v) is 8.81. The summed E-state index contributed by atoms with van der Waals surface area (Å²) in [7, 11) is 0. The van der Waals surface area contributed by atoms with Gasteiger partial charge < -0.3 is 25.8 Å². The molecule has 2 aliphatic heterocycles. The highest BCUT2D eigenvalue weighted by atomic mass is 32.1. The number of nitrogens with one attached hydrogen (secondary N) is 1. The van der Waals surface area contributed by atoms with E-state index >= 15 is 0 Å². The van der Waals surface area contributed by atoms with E-state index in [4.69, 9.17) is 20.4 Å². The summed E-state index contributed by atoms with van der Waals surface area (Å²) in [6.07, 6.45) is 5.67. The number of aliphatic hydroxyl groups is 1. The van der Waals surface area contributed by atoms with Crippen LogP contribution in [-0.2, 0) is 10.3 Å². The Hall–Kier alpha value is -2.40. The van der Waals surface area contributed by atoms with E-state index in [9.17, 15) is 5.11 Å². The number of nitrogen functional groups attached to an aromatic ring is 1. The van der Waals surface area contributed by atoms with E-state index in [2.05, 4.69) is 20.2 Å². The Morgan fingerprint density at radius 1 is 1.13 bits per heavy atom. The molecule has 0 amide bonds. The van der Waals surface area contributed by atoms with Crippen molar-refractivity contribution < 1.29 is 9.84 Å². The summed E-state index contributed by atoms with van der Waals surface area (Å²) in [4.78, 5) is 21.0. The number of fused-ring (bicyclic) bond motifs is 1. The average Bonchev–Trinajstić information content (AvgIpc) is 3.09. The van der Waals surface area contributed by atoms with Gasteiger partial charge in [-0.3, -0.25) is 0 Å². The van der Waals surface area contributed by atoms with Crippen LogP contribution in [-0.4, -0.2) is 64.4 Å². The Kier molecular flexibility index (Phi) is 5.23. The molecule has 10 heteroatoms. The summed E-state index contributed by atoms with van der Waals surface area (Å²) >= 11 is 1.60. The van der Waals surface area contributed by atoms with Gasteiger partial charge >= 0.3 is 0 Å². The molecule has 3 aromatic heterocycles. The van der Waals surface area contributed by atoms with Gasteiger partial charge in [0.2, 0.25) is 5.95 Å². The van der Waals surface area contributed by atoms with Crippen LogP contribution in [0.15, 0.2) is 18.5 Å². The summed E-state index contributed by atoms with van der Waals surface area (Å²) in [6.45, 7) is 4.61. The lowest BCUT2D eigenvalue weighted by Gasteiger charge is -2.28. The predicted molar refractivity (Wildman–Crippen MR) is 117 cm³/mol. The van der Waals surface area contributed by atoms with Crippen molar-refractivity contribution in [3.05, 3.63) is 23.3 Å². The molecule has 1 unspecified atom stereocenters. The smallest absolute Gasteiger partial charge is 0.219 e. The largest absolute Gasteiger partial charge is 0.384 e. The summed E-state index contributed by atoms with van der Waals surface area (Å²) in [5, 5.41) is 14.8. The lowest BCUT2D eigenvalue weighted by molar-refractivity contribution is 0.0278. The first-order chi connectivity index (χ1) is 14.6. The molecule has 158 valence electrons. The second-order valence-electron chi connectivity index (χ2n) is 7.76. The van der Waals surface area contributed by atoms with Crippen LogP contribution in [0.4, 0.5) is 11.8 Å². The van der Waals surface area contributed by atoms with E-state index < -0.39 is 5.60 Å². The molecule has 30 heavy (non-hydrogen) atoms. The Bertz CT molecular complexity index is 1030. The molecule has 1 atom stereocenters. The molecule has 0 saturated carbocycles. The average molecular weight is 428 g/mol. The van der Waals surface area contributed by atoms with Crippen molar-refractivity contribution in [2.45, 2.75) is 24.9 Å². The van der Waals surface area contributed by atoms with Gasteiger partial charge in [-0.1, -0.05) is 0 Å². The van der Waals surface area contributed by atoms with Gasteiger partial charge in [0.15, 0.2) is 11.6 Å². The fraction of sp³-hybridized carbons (Fsp3) is 0.500. The highest BCUT2D eigenvalue weighted by molar-refractivity contribution is 7.19. The number of morpholine rings is 1. The lowest BCUT2D eigenvalue weighted by Crippen LogP contribution is -2.36. The lowest BCUT2D eigenvalue weighted by atomic mass is 9.93. The summed E-state index contributed by atoms with van der Waals surface area (Å²) < 4.78 is 6.53. The number of nitrogens with two attached hydrogens (primary N) is 1. The molecular weight excluding hydrogens is 402 g/mol. The summed E-state index contributed by atoms with van der Waals surface area (Å²) in [6, 6.07) is 2.03. The number of thiophene rings is 1. The molecule has 0 aromatic carbocycles. The first kappa shape index (κ1) is 19.6. The minimum absolute atomic E-state index is 0.218. The van der Waals surface area contributed by atoms with Crippen LogP contribution in [0.5, 0.6) is 0 Å². The number of aromatic nitrogens is 4. The maximum atomic E-state index is 11.4. The number of anilines is 2. The van der Waals surface area contributed by atoms with Crippen LogP contribution < -0.4 is 16.0 Å². The van der Waals surface area contributed by atoms with Gasteiger partial charge in [-0.2, -0.15) is 0 Å². The Labute approximate surface area is 178 Å². The first-order valence-electron chi connectivity index (χ1n) is 10.3. The van der Waals surface area contributed by atoms with Gasteiger partial charge in [-0.15, -0.1) is 11.3 Å². The van der Waals surface area contributed by atoms with E-state index in [1.165, 1.54) is 0 Å². The second kappa shape index (κ2) is 8.03. The van der Waals surface area contributed by atoms with Crippen molar-refractivity contribution in [2.24, 2.45) is 0 Å². The maximum Gasteiger partial charge on any atom is 0.219 e. The standard InChI is InChI=1S/C20H25N7O2S/c21-19-23-11-13(12-24-19)17-25-14-10-15(20(28)2-1-4-22-5-3-20)30-16(14)18(26-17)27-6-8-29-9-7-27/h10-12,22,28H,1-9H2,(H2,21,23,24). The molecule has 0 spiro atoms. The first-order valence-corrected chi connectivity index (χ1v) is 11.1. The molecular formula is C20H25N7O2S. The number of hydrogen-bond acceptors (Lipinski definition) is 10. The Balaban J connectivity index is 1.63. The van der Waals surface area contributed by atoms with Crippen LogP contribution in [0.25, 0.3) is 21.6 Å². The van der Waals surface area contributed by atoms with Crippen LogP contribution in [0.3, 0.4) is 0 Å². The SMILES string of the molecule is Nc1ncc(-c2nc(N3CCOCC3)c3sc(C4(O)CCCNCC4)cc3n2)cn1. The third kappa shape index (κ3) is 3.71. The number of rotatable bonds is 3. The van der Waals surface area contributed by atoms with Crippen molar-refractivity contribution >= 4 is 33.3 Å². The number of nitrogens with zero attached hydrogens (tertiary/aromatic N) is 5. The number of ether oxygens (including phenoxy) is 1. The van der Waals surface area contributed by atoms with Gasteiger partial charge in [0.1, 0.15) is 5.60 Å². The van der Waals surface area contributed by atoms with Crippen molar-refractivity contribution in [3.63, 3.8) is 0 Å². The monoisotopic (exact) mass is 427 g/mol. The molecule has 5 heterocycles. The van der Waals surface area contributed by atoms with E-state index in [-0.39, 0.29) is 5.95 Å². The molecule has 3 aromatic rings. The fourth-order valence-electron chi connectivity index (χ4n) is 4.01. The zero-order valence-electron chi connectivity index (χ0n) is 16.7.